The van der Waals surface area contributed by atoms with E-state index in [-0.39, 0.29) is 28.4 Å². The Balaban J connectivity index is 1.59. The van der Waals surface area contributed by atoms with E-state index in [2.05, 4.69) is 12.2 Å². The molecule has 1 aliphatic heterocycles. The van der Waals surface area contributed by atoms with Crippen molar-refractivity contribution < 1.29 is 13.2 Å². The van der Waals surface area contributed by atoms with Crippen LogP contribution in [-0.2, 0) is 14.8 Å². The van der Waals surface area contributed by atoms with Gasteiger partial charge in [0.15, 0.2) is 0 Å². The van der Waals surface area contributed by atoms with Gasteiger partial charge in [0.2, 0.25) is 15.9 Å². The number of rotatable bonds is 5. The number of benzene rings is 1. The second-order valence-corrected chi connectivity index (χ2v) is 10.0. The van der Waals surface area contributed by atoms with Crippen molar-refractivity contribution in [2.75, 3.05) is 26.2 Å². The van der Waals surface area contributed by atoms with Crippen LogP contribution >= 0.6 is 0 Å². The van der Waals surface area contributed by atoms with Gasteiger partial charge < -0.3 is 5.32 Å². The van der Waals surface area contributed by atoms with Crippen LogP contribution in [0.1, 0.15) is 45.1 Å². The van der Waals surface area contributed by atoms with Crippen LogP contribution in [0.3, 0.4) is 0 Å². The molecule has 3 rings (SSSR count). The normalized spacial score (nSPS) is 25.1. The number of sulfonamides is 1. The molecule has 1 saturated heterocycles. The monoisotopic (exact) mass is 418 g/mol. The largest absolute Gasteiger partial charge is 0.352 e. The summed E-state index contributed by atoms with van der Waals surface area (Å²) >= 11 is 0. The molecule has 1 N–H and O–H groups in total. The van der Waals surface area contributed by atoms with Crippen molar-refractivity contribution in [3.05, 3.63) is 29.8 Å². The highest BCUT2D eigenvalue weighted by molar-refractivity contribution is 7.89. The van der Waals surface area contributed by atoms with Crippen molar-refractivity contribution in [2.24, 2.45) is 5.92 Å². The Morgan fingerprint density at radius 2 is 1.83 bits per heavy atom. The van der Waals surface area contributed by atoms with Gasteiger partial charge in [-0.25, -0.2) is 8.42 Å². The van der Waals surface area contributed by atoms with Crippen molar-refractivity contribution in [3.63, 3.8) is 0 Å². The van der Waals surface area contributed by atoms with Gasteiger partial charge in [-0.3, -0.25) is 9.69 Å². The number of piperazine rings is 1. The Hall–Kier alpha value is -1.95. The first kappa shape index (κ1) is 21.8. The Morgan fingerprint density at radius 3 is 2.48 bits per heavy atom. The third-order valence-corrected chi connectivity index (χ3v) is 8.22. The number of amides is 1. The van der Waals surface area contributed by atoms with Crippen molar-refractivity contribution >= 4 is 15.9 Å². The first-order valence-corrected chi connectivity index (χ1v) is 11.8. The van der Waals surface area contributed by atoms with Gasteiger partial charge >= 0.3 is 0 Å². The van der Waals surface area contributed by atoms with Crippen LogP contribution in [0.2, 0.25) is 0 Å². The molecule has 7 nitrogen and oxygen atoms in total. The van der Waals surface area contributed by atoms with Crippen molar-refractivity contribution in [2.45, 2.75) is 56.5 Å². The quantitative estimate of drug-likeness (QED) is 0.789. The van der Waals surface area contributed by atoms with Crippen molar-refractivity contribution in [3.8, 4) is 6.07 Å². The molecule has 3 atom stereocenters. The third-order valence-electron chi connectivity index (χ3n) is 6.26. The van der Waals surface area contributed by atoms with E-state index in [4.69, 9.17) is 0 Å². The maximum absolute atomic E-state index is 13.0. The fourth-order valence-corrected chi connectivity index (χ4v) is 5.82. The maximum Gasteiger partial charge on any atom is 0.244 e. The zero-order valence-corrected chi connectivity index (χ0v) is 18.0. The molecule has 1 amide bonds. The Labute approximate surface area is 173 Å². The SMILES string of the molecule is C[C@H](C(=O)N[C@@H]1CCCC[C@@H]1C)N1CCN(S(=O)(=O)c2ccccc2C#N)CC1. The number of hydrogen-bond acceptors (Lipinski definition) is 5. The van der Waals surface area contributed by atoms with E-state index in [0.29, 0.717) is 32.1 Å². The van der Waals surface area contributed by atoms with E-state index < -0.39 is 10.0 Å². The summed E-state index contributed by atoms with van der Waals surface area (Å²) in [7, 11) is -3.72. The number of nitrogens with zero attached hydrogens (tertiary/aromatic N) is 3. The number of carbonyl (C=O) groups excluding carboxylic acids is 1. The van der Waals surface area contributed by atoms with Crippen molar-refractivity contribution in [1.29, 1.82) is 5.26 Å². The summed E-state index contributed by atoms with van der Waals surface area (Å²) in [4.78, 5) is 14.8. The van der Waals surface area contributed by atoms with E-state index >= 15 is 0 Å². The summed E-state index contributed by atoms with van der Waals surface area (Å²) in [6, 6.07) is 8.18. The molecule has 0 aromatic heterocycles. The Bertz CT molecular complexity index is 872. The minimum Gasteiger partial charge on any atom is -0.352 e. The molecule has 0 unspecified atom stereocenters. The number of hydrogen-bond donors (Lipinski definition) is 1. The smallest absolute Gasteiger partial charge is 0.244 e. The number of carbonyl (C=O) groups is 1. The molecule has 0 spiro atoms. The third kappa shape index (κ3) is 4.80. The topological polar surface area (TPSA) is 93.5 Å². The maximum atomic E-state index is 13.0. The molecule has 0 radical (unpaired) electrons. The van der Waals surface area contributed by atoms with Crippen LogP contribution in [0.5, 0.6) is 0 Å². The predicted octanol–water partition coefficient (Wildman–Crippen LogP) is 1.95. The van der Waals surface area contributed by atoms with Crippen molar-refractivity contribution in [1.82, 2.24) is 14.5 Å². The molecular weight excluding hydrogens is 388 g/mol. The highest BCUT2D eigenvalue weighted by Crippen LogP contribution is 2.24. The van der Waals surface area contributed by atoms with E-state index in [0.717, 1.165) is 19.3 Å². The van der Waals surface area contributed by atoms with Gasteiger partial charge in [-0.15, -0.1) is 0 Å². The van der Waals surface area contributed by atoms with E-state index in [9.17, 15) is 18.5 Å². The minimum absolute atomic E-state index is 0.0230. The second kappa shape index (κ2) is 9.24. The highest BCUT2D eigenvalue weighted by Gasteiger charge is 2.34. The molecule has 1 aromatic rings. The minimum atomic E-state index is -3.72. The lowest BCUT2D eigenvalue weighted by Gasteiger charge is -2.38. The van der Waals surface area contributed by atoms with Gasteiger partial charge in [0, 0.05) is 32.2 Å². The zero-order valence-electron chi connectivity index (χ0n) is 17.2. The van der Waals surface area contributed by atoms with Crippen LogP contribution in [0, 0.1) is 17.2 Å². The van der Waals surface area contributed by atoms with E-state index in [1.54, 1.807) is 12.1 Å². The van der Waals surface area contributed by atoms with Crippen LogP contribution < -0.4 is 5.32 Å². The molecule has 1 saturated carbocycles. The molecule has 2 fully saturated rings. The summed E-state index contributed by atoms with van der Waals surface area (Å²) in [6.07, 6.45) is 4.57. The fraction of sp³-hybridized carbons (Fsp3) is 0.619. The molecule has 2 aliphatic rings. The molecular formula is C21H30N4O3S. The summed E-state index contributed by atoms with van der Waals surface area (Å²) in [5.74, 6) is 0.525. The molecule has 1 aliphatic carbocycles. The summed E-state index contributed by atoms with van der Waals surface area (Å²) in [6.45, 7) is 5.67. The van der Waals surface area contributed by atoms with Gasteiger partial charge in [-0.2, -0.15) is 9.57 Å². The molecule has 0 bridgehead atoms. The predicted molar refractivity (Wildman–Crippen MR) is 111 cm³/mol. The first-order chi connectivity index (χ1) is 13.8. The molecule has 1 heterocycles. The van der Waals surface area contributed by atoms with Gasteiger partial charge in [-0.1, -0.05) is 31.9 Å². The lowest BCUT2D eigenvalue weighted by Crippen LogP contribution is -2.56. The lowest BCUT2D eigenvalue weighted by molar-refractivity contribution is -0.127. The van der Waals surface area contributed by atoms with Gasteiger partial charge in [-0.05, 0) is 37.8 Å². The average molecular weight is 419 g/mol. The summed E-state index contributed by atoms with van der Waals surface area (Å²) in [5, 5.41) is 12.4. The molecule has 158 valence electrons. The van der Waals surface area contributed by atoms with E-state index in [1.165, 1.54) is 22.9 Å². The van der Waals surface area contributed by atoms with Gasteiger partial charge in [0.1, 0.15) is 6.07 Å². The Kier molecular flexibility index (Phi) is 6.93. The molecule has 1 aromatic carbocycles. The molecule has 8 heteroatoms. The van der Waals surface area contributed by atoms with Crippen LogP contribution in [0.4, 0.5) is 0 Å². The second-order valence-electron chi connectivity index (χ2n) is 8.10. The standard InChI is InChI=1S/C21H30N4O3S/c1-16-7-3-5-9-19(16)23-21(26)17(2)24-11-13-25(14-12-24)29(27,28)20-10-6-4-8-18(20)15-22/h4,6,8,10,16-17,19H,3,5,7,9,11-14H2,1-2H3,(H,23,26)/t16-,17+,19+/m0/s1. The lowest BCUT2D eigenvalue weighted by atomic mass is 9.86. The number of nitriles is 1. The zero-order chi connectivity index (χ0) is 21.0. The summed E-state index contributed by atoms with van der Waals surface area (Å²) in [5.41, 5.74) is 0.157. The van der Waals surface area contributed by atoms with Crippen LogP contribution in [0.15, 0.2) is 29.2 Å². The number of nitrogens with one attached hydrogen (secondary N) is 1. The van der Waals surface area contributed by atoms with Gasteiger partial charge in [0.25, 0.3) is 0 Å². The summed E-state index contributed by atoms with van der Waals surface area (Å²) < 4.78 is 27.3. The Morgan fingerprint density at radius 1 is 1.17 bits per heavy atom. The van der Waals surface area contributed by atoms with Crippen LogP contribution in [0.25, 0.3) is 0 Å². The first-order valence-electron chi connectivity index (χ1n) is 10.4. The molecule has 29 heavy (non-hydrogen) atoms. The fourth-order valence-electron chi connectivity index (χ4n) is 4.25. The van der Waals surface area contributed by atoms with Crippen LogP contribution in [-0.4, -0.2) is 61.8 Å². The highest BCUT2D eigenvalue weighted by atomic mass is 32.2. The van der Waals surface area contributed by atoms with E-state index in [1.807, 2.05) is 17.9 Å². The van der Waals surface area contributed by atoms with Gasteiger partial charge in [0.05, 0.1) is 16.5 Å². The average Bonchev–Trinajstić information content (AvgIpc) is 2.74.